The molecular formula is C12H25NO. The maximum atomic E-state index is 10.4. The molecule has 1 heterocycles. The fourth-order valence-corrected chi connectivity index (χ4v) is 2.13. The average Bonchev–Trinajstić information content (AvgIpc) is 2.02. The number of aliphatic hydroxyl groups is 1. The van der Waals surface area contributed by atoms with Crippen LogP contribution in [-0.4, -0.2) is 23.3 Å². The molecule has 0 aliphatic carbocycles. The molecule has 0 spiro atoms. The second-order valence-electron chi connectivity index (χ2n) is 6.09. The molecule has 0 saturated carbocycles. The van der Waals surface area contributed by atoms with Crippen LogP contribution in [0.25, 0.3) is 0 Å². The van der Waals surface area contributed by atoms with E-state index in [1.54, 1.807) is 0 Å². The second-order valence-corrected chi connectivity index (χ2v) is 6.09. The van der Waals surface area contributed by atoms with Crippen LogP contribution in [0.4, 0.5) is 0 Å². The smallest absolute Gasteiger partial charge is 0.0697 e. The molecule has 1 rings (SSSR count). The van der Waals surface area contributed by atoms with Crippen LogP contribution < -0.4 is 5.32 Å². The van der Waals surface area contributed by atoms with E-state index < -0.39 is 5.60 Å². The minimum Gasteiger partial charge on any atom is -0.390 e. The Labute approximate surface area is 88.1 Å². The van der Waals surface area contributed by atoms with E-state index in [-0.39, 0.29) is 5.41 Å². The van der Waals surface area contributed by atoms with E-state index in [0.717, 1.165) is 19.4 Å². The Hall–Kier alpha value is -0.0800. The SMILES string of the molecule is CC(C)C1(O)CCNC(C(C)(C)C)C1. The van der Waals surface area contributed by atoms with E-state index in [1.807, 2.05) is 0 Å². The molecule has 84 valence electrons. The van der Waals surface area contributed by atoms with Gasteiger partial charge in [0.25, 0.3) is 0 Å². The van der Waals surface area contributed by atoms with Gasteiger partial charge in [-0.1, -0.05) is 34.6 Å². The Balaban J connectivity index is 2.69. The van der Waals surface area contributed by atoms with E-state index >= 15 is 0 Å². The van der Waals surface area contributed by atoms with E-state index in [9.17, 15) is 5.11 Å². The Bertz CT molecular complexity index is 195. The molecule has 2 N–H and O–H groups in total. The average molecular weight is 199 g/mol. The minimum atomic E-state index is -0.455. The van der Waals surface area contributed by atoms with Crippen LogP contribution >= 0.6 is 0 Å². The van der Waals surface area contributed by atoms with Crippen LogP contribution in [0.15, 0.2) is 0 Å². The normalized spacial score (nSPS) is 34.9. The summed E-state index contributed by atoms with van der Waals surface area (Å²) >= 11 is 0. The first-order valence-electron chi connectivity index (χ1n) is 5.71. The van der Waals surface area contributed by atoms with Crippen molar-refractivity contribution in [1.82, 2.24) is 5.32 Å². The molecule has 0 bridgehead atoms. The third kappa shape index (κ3) is 2.48. The van der Waals surface area contributed by atoms with Gasteiger partial charge in [-0.15, -0.1) is 0 Å². The van der Waals surface area contributed by atoms with Gasteiger partial charge in [0, 0.05) is 6.04 Å². The number of rotatable bonds is 1. The first kappa shape index (κ1) is 12.0. The number of piperidine rings is 1. The summed E-state index contributed by atoms with van der Waals surface area (Å²) in [4.78, 5) is 0. The van der Waals surface area contributed by atoms with Gasteiger partial charge in [-0.05, 0) is 30.7 Å². The molecule has 1 aliphatic rings. The third-order valence-electron chi connectivity index (χ3n) is 3.63. The summed E-state index contributed by atoms with van der Waals surface area (Å²) < 4.78 is 0. The predicted molar refractivity (Wildman–Crippen MR) is 60.3 cm³/mol. The van der Waals surface area contributed by atoms with Crippen molar-refractivity contribution in [2.75, 3.05) is 6.54 Å². The van der Waals surface area contributed by atoms with E-state index in [1.165, 1.54) is 0 Å². The Morgan fingerprint density at radius 1 is 1.36 bits per heavy atom. The van der Waals surface area contributed by atoms with Gasteiger partial charge in [0.05, 0.1) is 5.60 Å². The Morgan fingerprint density at radius 3 is 2.36 bits per heavy atom. The predicted octanol–water partition coefficient (Wildman–Crippen LogP) is 2.17. The first-order chi connectivity index (χ1) is 6.26. The maximum Gasteiger partial charge on any atom is 0.0697 e. The summed E-state index contributed by atoms with van der Waals surface area (Å²) in [6.45, 7) is 11.9. The van der Waals surface area contributed by atoms with Crippen LogP contribution in [0.3, 0.4) is 0 Å². The van der Waals surface area contributed by atoms with Gasteiger partial charge in [-0.2, -0.15) is 0 Å². The van der Waals surface area contributed by atoms with Crippen molar-refractivity contribution in [2.45, 2.75) is 59.1 Å². The van der Waals surface area contributed by atoms with Crippen molar-refractivity contribution < 1.29 is 5.11 Å². The van der Waals surface area contributed by atoms with Crippen molar-refractivity contribution in [3.05, 3.63) is 0 Å². The number of hydrogen-bond acceptors (Lipinski definition) is 2. The molecular weight excluding hydrogens is 174 g/mol. The summed E-state index contributed by atoms with van der Waals surface area (Å²) in [5, 5.41) is 14.0. The van der Waals surface area contributed by atoms with Crippen LogP contribution in [0, 0.1) is 11.3 Å². The molecule has 1 aliphatic heterocycles. The van der Waals surface area contributed by atoms with Gasteiger partial charge in [-0.25, -0.2) is 0 Å². The molecule has 1 fully saturated rings. The van der Waals surface area contributed by atoms with Gasteiger partial charge in [0.1, 0.15) is 0 Å². The Morgan fingerprint density at radius 2 is 1.93 bits per heavy atom. The monoisotopic (exact) mass is 199 g/mol. The topological polar surface area (TPSA) is 32.3 Å². The van der Waals surface area contributed by atoms with Gasteiger partial charge in [-0.3, -0.25) is 0 Å². The van der Waals surface area contributed by atoms with Crippen molar-refractivity contribution in [3.8, 4) is 0 Å². The molecule has 14 heavy (non-hydrogen) atoms. The fraction of sp³-hybridized carbons (Fsp3) is 1.00. The highest BCUT2D eigenvalue weighted by Gasteiger charge is 2.40. The number of nitrogens with one attached hydrogen (secondary N) is 1. The van der Waals surface area contributed by atoms with Crippen LogP contribution in [0.5, 0.6) is 0 Å². The molecule has 0 amide bonds. The van der Waals surface area contributed by atoms with E-state index in [4.69, 9.17) is 0 Å². The molecule has 2 heteroatoms. The standard InChI is InChI=1S/C12H25NO/c1-9(2)12(14)6-7-13-10(8-12)11(3,4)5/h9-10,13-14H,6-8H2,1-5H3. The van der Waals surface area contributed by atoms with Gasteiger partial charge in [0.15, 0.2) is 0 Å². The zero-order valence-electron chi connectivity index (χ0n) is 10.2. The van der Waals surface area contributed by atoms with Crippen LogP contribution in [-0.2, 0) is 0 Å². The van der Waals surface area contributed by atoms with Crippen molar-refractivity contribution >= 4 is 0 Å². The molecule has 0 aromatic carbocycles. The lowest BCUT2D eigenvalue weighted by atomic mass is 9.72. The molecule has 0 aromatic rings. The van der Waals surface area contributed by atoms with E-state index in [2.05, 4.69) is 39.9 Å². The zero-order valence-corrected chi connectivity index (χ0v) is 10.2. The minimum absolute atomic E-state index is 0.239. The highest BCUT2D eigenvalue weighted by molar-refractivity contribution is 4.96. The molecule has 2 unspecified atom stereocenters. The maximum absolute atomic E-state index is 10.4. The van der Waals surface area contributed by atoms with Gasteiger partial charge in [0.2, 0.25) is 0 Å². The van der Waals surface area contributed by atoms with Crippen molar-refractivity contribution in [2.24, 2.45) is 11.3 Å². The Kier molecular flexibility index (Phi) is 3.27. The summed E-state index contributed by atoms with van der Waals surface area (Å²) in [6.07, 6.45) is 1.77. The lowest BCUT2D eigenvalue weighted by Gasteiger charge is -2.45. The van der Waals surface area contributed by atoms with Crippen LogP contribution in [0.1, 0.15) is 47.5 Å². The lowest BCUT2D eigenvalue weighted by Crippen LogP contribution is -2.55. The lowest BCUT2D eigenvalue weighted by molar-refractivity contribution is -0.0564. The largest absolute Gasteiger partial charge is 0.390 e. The molecule has 0 radical (unpaired) electrons. The summed E-state index contributed by atoms with van der Waals surface area (Å²) in [5.41, 5.74) is -0.216. The first-order valence-corrected chi connectivity index (χ1v) is 5.71. The highest BCUT2D eigenvalue weighted by atomic mass is 16.3. The quantitative estimate of drug-likeness (QED) is 0.678. The molecule has 2 nitrogen and oxygen atoms in total. The highest BCUT2D eigenvalue weighted by Crippen LogP contribution is 2.35. The van der Waals surface area contributed by atoms with Gasteiger partial charge >= 0.3 is 0 Å². The summed E-state index contributed by atoms with van der Waals surface area (Å²) in [5.74, 6) is 0.356. The molecule has 2 atom stereocenters. The summed E-state index contributed by atoms with van der Waals surface area (Å²) in [6, 6.07) is 0.434. The van der Waals surface area contributed by atoms with Crippen LogP contribution in [0.2, 0.25) is 0 Å². The molecule has 1 saturated heterocycles. The second kappa shape index (κ2) is 3.82. The summed E-state index contributed by atoms with van der Waals surface area (Å²) in [7, 11) is 0. The van der Waals surface area contributed by atoms with Crippen molar-refractivity contribution in [1.29, 1.82) is 0 Å². The fourth-order valence-electron chi connectivity index (χ4n) is 2.13. The number of hydrogen-bond donors (Lipinski definition) is 2. The van der Waals surface area contributed by atoms with Crippen molar-refractivity contribution in [3.63, 3.8) is 0 Å². The third-order valence-corrected chi connectivity index (χ3v) is 3.63. The molecule has 0 aromatic heterocycles. The van der Waals surface area contributed by atoms with E-state index in [0.29, 0.717) is 12.0 Å². The van der Waals surface area contributed by atoms with Gasteiger partial charge < -0.3 is 10.4 Å². The zero-order chi connectivity index (χ0) is 11.0.